The van der Waals surface area contributed by atoms with E-state index < -0.39 is 11.6 Å². The van der Waals surface area contributed by atoms with Crippen molar-refractivity contribution in [2.24, 2.45) is 0 Å². The predicted octanol–water partition coefficient (Wildman–Crippen LogP) is 9.25. The number of piperazine rings is 3. The van der Waals surface area contributed by atoms with Gasteiger partial charge < -0.3 is 42.3 Å². The first-order valence-corrected chi connectivity index (χ1v) is 23.3. The molecule has 3 aliphatic rings. The third-order valence-electron chi connectivity index (χ3n) is 9.68. The van der Waals surface area contributed by atoms with E-state index >= 15 is 0 Å². The van der Waals surface area contributed by atoms with Gasteiger partial charge in [0.25, 0.3) is 0 Å². The second kappa shape index (κ2) is 28.9. The molecule has 3 saturated heterocycles. The number of carbonyl (C=O) groups is 1. The zero-order valence-electron chi connectivity index (χ0n) is 38.6. The van der Waals surface area contributed by atoms with Gasteiger partial charge in [0.2, 0.25) is 0 Å². The average Bonchev–Trinajstić information content (AvgIpc) is 3.24. The van der Waals surface area contributed by atoms with Crippen LogP contribution in [0.2, 0.25) is 30.1 Å². The Hall–Kier alpha value is -1.46. The summed E-state index contributed by atoms with van der Waals surface area (Å²) in [7, 11) is 0. The van der Waals surface area contributed by atoms with Crippen molar-refractivity contribution in [3.63, 3.8) is 0 Å². The van der Waals surface area contributed by atoms with Crippen LogP contribution in [0.1, 0.15) is 63.0 Å². The standard InChI is InChI=1S/C14H20Cl2N2O.C13H18O3.C10H12Cl2N2.C10H11Cl2N2.BrH.Mg/c1-14(2,3)19-18-9-7-17(8-10-18)12-6-4-5-11(15)13(12)16;1-9-7-6-8-10(2)11(9)12(14)15-16-13(3,4)5;2*11-8-2-1-3-9(10(8)12)14-6-4-13-5-7-14;;/h4-6H,7-10H2,1-3H3;6-8H,1-5H3;1-3,13H,4-7H2;1-3H,4-7H2;1H;/q;;;-1;;+2/p-1. The smallest absolute Gasteiger partial charge is 1.00 e. The molecule has 0 aromatic heterocycles. The summed E-state index contributed by atoms with van der Waals surface area (Å²) >= 11 is 36.5. The van der Waals surface area contributed by atoms with Gasteiger partial charge in [-0.05, 0) is 116 Å². The second-order valence-electron chi connectivity index (χ2n) is 17.1. The van der Waals surface area contributed by atoms with Crippen LogP contribution in [-0.2, 0) is 14.6 Å². The number of halogens is 7. The van der Waals surface area contributed by atoms with Crippen molar-refractivity contribution in [1.82, 2.24) is 10.4 Å². The SMILES string of the molecule is CC(C)(C)ON1CCN(c2cccc(Cl)c2Cl)CC1.Cc1cccc(C)c1C(=O)OOC(C)(C)C.Clc1cccc(N2CCNCC2)c1Cl.Clc1cccc(N2CC[N-]CC2)c1Cl.[Br-].[Mg+2]. The molecule has 0 aliphatic carbocycles. The van der Waals surface area contributed by atoms with E-state index in [4.69, 9.17) is 84.2 Å². The molecular formula is C47H61BrCl6MgN6O4. The minimum absolute atomic E-state index is 0. The molecule has 0 radical (unpaired) electrons. The average molecular weight is 1090 g/mol. The normalized spacial score (nSPS) is 15.4. The molecule has 3 heterocycles. The third kappa shape index (κ3) is 19.8. The molecule has 0 saturated carbocycles. The zero-order valence-corrected chi connectivity index (χ0v) is 46.2. The van der Waals surface area contributed by atoms with Crippen molar-refractivity contribution in [2.45, 2.75) is 66.6 Å². The molecule has 10 nitrogen and oxygen atoms in total. The molecule has 65 heavy (non-hydrogen) atoms. The molecule has 354 valence electrons. The maximum atomic E-state index is 11.8. The number of aryl methyl sites for hydroxylation is 2. The maximum Gasteiger partial charge on any atom is 2.00 e. The topological polar surface area (TPSA) is 83.8 Å². The van der Waals surface area contributed by atoms with Gasteiger partial charge in [0.15, 0.2) is 0 Å². The van der Waals surface area contributed by atoms with Gasteiger partial charge in [0, 0.05) is 52.4 Å². The van der Waals surface area contributed by atoms with Crippen molar-refractivity contribution < 1.29 is 36.4 Å². The Morgan fingerprint density at radius 1 is 0.569 bits per heavy atom. The van der Waals surface area contributed by atoms with Crippen molar-refractivity contribution in [3.05, 3.63) is 125 Å². The summed E-state index contributed by atoms with van der Waals surface area (Å²) in [4.78, 5) is 34.2. The monoisotopic (exact) mass is 1090 g/mol. The number of rotatable bonds is 6. The first-order chi connectivity index (χ1) is 29.8. The molecule has 7 rings (SSSR count). The van der Waals surface area contributed by atoms with E-state index in [1.54, 1.807) is 0 Å². The van der Waals surface area contributed by atoms with Crippen LogP contribution in [0, 0.1) is 13.8 Å². The van der Waals surface area contributed by atoms with Gasteiger partial charge in [-0.3, -0.25) is 9.73 Å². The Balaban J connectivity index is 0.000000297. The van der Waals surface area contributed by atoms with E-state index in [0.717, 1.165) is 107 Å². The van der Waals surface area contributed by atoms with Crippen LogP contribution in [0.15, 0.2) is 72.8 Å². The second-order valence-corrected chi connectivity index (χ2v) is 19.4. The van der Waals surface area contributed by atoms with Gasteiger partial charge in [0.1, 0.15) is 5.60 Å². The molecule has 0 spiro atoms. The summed E-state index contributed by atoms with van der Waals surface area (Å²) in [5.41, 5.74) is 4.79. The number of hydrogen-bond donors (Lipinski definition) is 1. The van der Waals surface area contributed by atoms with E-state index in [2.05, 4.69) is 46.1 Å². The number of carbonyl (C=O) groups excluding carboxylic acids is 1. The molecule has 18 heteroatoms. The van der Waals surface area contributed by atoms with Crippen LogP contribution >= 0.6 is 69.6 Å². The fourth-order valence-electron chi connectivity index (χ4n) is 6.71. The fraction of sp³-hybridized carbons (Fsp3) is 0.468. The summed E-state index contributed by atoms with van der Waals surface area (Å²) in [6.07, 6.45) is 0. The summed E-state index contributed by atoms with van der Waals surface area (Å²) in [6.45, 7) is 26.5. The number of nitrogens with zero attached hydrogens (tertiary/aromatic N) is 5. The Bertz CT molecular complexity index is 1990. The summed E-state index contributed by atoms with van der Waals surface area (Å²) < 4.78 is 0. The van der Waals surface area contributed by atoms with Gasteiger partial charge in [-0.2, -0.15) is 9.95 Å². The van der Waals surface area contributed by atoms with Gasteiger partial charge in [0.05, 0.1) is 58.4 Å². The minimum Gasteiger partial charge on any atom is -1.00 e. The molecule has 4 aromatic rings. The summed E-state index contributed by atoms with van der Waals surface area (Å²) in [5, 5.41) is 13.4. The predicted molar refractivity (Wildman–Crippen MR) is 272 cm³/mol. The zero-order chi connectivity index (χ0) is 46.3. The molecule has 4 aromatic carbocycles. The quantitative estimate of drug-likeness (QED) is 0.116. The summed E-state index contributed by atoms with van der Waals surface area (Å²) in [5.74, 6) is -0.439. The van der Waals surface area contributed by atoms with Crippen LogP contribution in [0.25, 0.3) is 5.32 Å². The van der Waals surface area contributed by atoms with Crippen molar-refractivity contribution in [2.75, 3.05) is 93.2 Å². The van der Waals surface area contributed by atoms with Gasteiger partial charge in [-0.1, -0.05) is 106 Å². The van der Waals surface area contributed by atoms with E-state index in [1.165, 1.54) is 0 Å². The number of anilines is 3. The van der Waals surface area contributed by atoms with Crippen LogP contribution < -0.4 is 37.0 Å². The molecular weight excluding hydrogens is 1030 g/mol. The fourth-order valence-corrected chi connectivity index (χ4v) is 7.96. The van der Waals surface area contributed by atoms with Crippen LogP contribution in [0.5, 0.6) is 0 Å². The van der Waals surface area contributed by atoms with Crippen molar-refractivity contribution >= 4 is 116 Å². The van der Waals surface area contributed by atoms with Crippen molar-refractivity contribution in [3.8, 4) is 0 Å². The van der Waals surface area contributed by atoms with Crippen LogP contribution in [0.3, 0.4) is 0 Å². The molecule has 0 atom stereocenters. The Morgan fingerprint density at radius 2 is 0.954 bits per heavy atom. The Morgan fingerprint density at radius 3 is 1.35 bits per heavy atom. The van der Waals surface area contributed by atoms with E-state index in [0.29, 0.717) is 35.7 Å². The first-order valence-electron chi connectivity index (χ1n) is 21.1. The molecule has 1 N–H and O–H groups in total. The number of hydroxylamine groups is 2. The van der Waals surface area contributed by atoms with E-state index in [1.807, 2.05) is 112 Å². The third-order valence-corrected chi connectivity index (χ3v) is 12.1. The van der Waals surface area contributed by atoms with Crippen molar-refractivity contribution in [1.29, 1.82) is 0 Å². The minimum atomic E-state index is -0.494. The van der Waals surface area contributed by atoms with Gasteiger partial charge in [-0.25, -0.2) is 4.79 Å². The van der Waals surface area contributed by atoms with Gasteiger partial charge >= 0.3 is 29.0 Å². The number of hydrogen-bond acceptors (Lipinski definition) is 9. The van der Waals surface area contributed by atoms with Gasteiger partial charge in [-0.15, -0.1) is 13.1 Å². The molecule has 3 aliphatic heterocycles. The van der Waals surface area contributed by atoms with E-state index in [-0.39, 0.29) is 45.6 Å². The van der Waals surface area contributed by atoms with E-state index in [9.17, 15) is 4.79 Å². The Kier molecular flexibility index (Phi) is 26.5. The number of benzene rings is 4. The summed E-state index contributed by atoms with van der Waals surface area (Å²) in [6, 6.07) is 22.9. The molecule has 3 fully saturated rings. The van der Waals surface area contributed by atoms with Crippen LogP contribution in [-0.4, -0.2) is 124 Å². The molecule has 0 bridgehead atoms. The molecule has 0 amide bonds. The largest absolute Gasteiger partial charge is 2.00 e. The molecule has 0 unspecified atom stereocenters. The number of nitrogens with one attached hydrogen (secondary N) is 1. The first kappa shape index (κ1) is 59.7. The Labute approximate surface area is 443 Å². The van der Waals surface area contributed by atoms with Crippen LogP contribution in [0.4, 0.5) is 17.1 Å². The maximum absolute atomic E-state index is 11.8.